The Bertz CT molecular complexity index is 2290. The van der Waals surface area contributed by atoms with E-state index in [1.54, 1.807) is 36.8 Å². The number of aldehydes is 2. The van der Waals surface area contributed by atoms with Crippen LogP contribution in [0.5, 0.6) is 0 Å². The zero-order chi connectivity index (χ0) is 38.4. The molecule has 55 heavy (non-hydrogen) atoms. The summed E-state index contributed by atoms with van der Waals surface area (Å²) in [4.78, 5) is 70.0. The van der Waals surface area contributed by atoms with Crippen LogP contribution in [0.4, 0.5) is 17.5 Å². The normalized spacial score (nSPS) is 18.4. The predicted molar refractivity (Wildman–Crippen MR) is 212 cm³/mol. The molecule has 288 valence electrons. The molecule has 2 saturated heterocycles. The first kappa shape index (κ1) is 36.6. The van der Waals surface area contributed by atoms with Crippen LogP contribution in [-0.2, 0) is 16.6 Å². The number of amides is 1. The molecule has 6 heterocycles. The first-order chi connectivity index (χ1) is 26.6. The second-order valence-electron chi connectivity index (χ2n) is 16.0. The van der Waals surface area contributed by atoms with Crippen LogP contribution in [0.1, 0.15) is 92.5 Å². The van der Waals surface area contributed by atoms with E-state index in [0.29, 0.717) is 23.9 Å². The Labute approximate surface area is 320 Å². The fourth-order valence-corrected chi connectivity index (χ4v) is 9.17. The van der Waals surface area contributed by atoms with Gasteiger partial charge >= 0.3 is 5.69 Å². The molecule has 1 N–H and O–H groups in total. The monoisotopic (exact) mass is 746 g/mol. The van der Waals surface area contributed by atoms with Crippen LogP contribution in [0.2, 0.25) is 0 Å². The van der Waals surface area contributed by atoms with Gasteiger partial charge in [-0.2, -0.15) is 4.98 Å². The summed E-state index contributed by atoms with van der Waals surface area (Å²) in [5.74, 6) is 1.09. The highest BCUT2D eigenvalue weighted by atomic mass is 16.2. The number of fused-ring (bicyclic) bond motifs is 2. The fraction of sp³-hybridized carbons (Fsp3) is 0.488. The molecule has 14 nitrogen and oxygen atoms in total. The van der Waals surface area contributed by atoms with Gasteiger partial charge in [0.05, 0.1) is 22.8 Å². The van der Waals surface area contributed by atoms with E-state index in [-0.39, 0.29) is 35.5 Å². The Balaban J connectivity index is 0.909. The van der Waals surface area contributed by atoms with Crippen LogP contribution >= 0.6 is 0 Å². The van der Waals surface area contributed by atoms with Crippen molar-refractivity contribution in [2.75, 3.05) is 50.5 Å². The molecule has 1 aliphatic carbocycles. The highest BCUT2D eigenvalue weighted by molar-refractivity contribution is 5.98. The molecule has 4 aromatic heterocycles. The lowest BCUT2D eigenvalue weighted by Gasteiger charge is -2.55. The van der Waals surface area contributed by atoms with Crippen LogP contribution in [0, 0.1) is 5.41 Å². The number of rotatable bonds is 12. The van der Waals surface area contributed by atoms with Crippen LogP contribution in [0.3, 0.4) is 0 Å². The largest absolute Gasteiger partial charge is 0.369 e. The second kappa shape index (κ2) is 14.7. The third kappa shape index (κ3) is 6.59. The number of aryl methyl sites for hydroxylation is 1. The Morgan fingerprint density at radius 2 is 1.82 bits per heavy atom. The highest BCUT2D eigenvalue weighted by Gasteiger charge is 2.46. The number of hydrogen-bond donors (Lipinski definition) is 1. The number of nitrogens with one attached hydrogen (secondary N) is 1. The number of hydrogen-bond acceptors (Lipinski definition) is 10. The number of likely N-dealkylation sites (tertiary alicyclic amines) is 1. The molecule has 14 heteroatoms. The summed E-state index contributed by atoms with van der Waals surface area (Å²) in [7, 11) is 5.32. The van der Waals surface area contributed by atoms with E-state index in [1.807, 2.05) is 30.5 Å². The van der Waals surface area contributed by atoms with Gasteiger partial charge in [0.15, 0.2) is 0 Å². The minimum atomic E-state index is -0.673. The topological polar surface area (TPSA) is 143 Å². The molecule has 2 atom stereocenters. The summed E-state index contributed by atoms with van der Waals surface area (Å²) in [5.41, 5.74) is 5.12. The summed E-state index contributed by atoms with van der Waals surface area (Å²) in [5, 5.41) is 4.15. The summed E-state index contributed by atoms with van der Waals surface area (Å²) in [6, 6.07) is 11.7. The van der Waals surface area contributed by atoms with Crippen molar-refractivity contribution in [1.82, 2.24) is 38.5 Å². The molecule has 0 bridgehead atoms. The predicted octanol–water partition coefficient (Wildman–Crippen LogP) is 5.42. The van der Waals surface area contributed by atoms with E-state index in [4.69, 9.17) is 9.97 Å². The van der Waals surface area contributed by atoms with Crippen molar-refractivity contribution in [2.45, 2.75) is 76.4 Å². The summed E-state index contributed by atoms with van der Waals surface area (Å²) < 4.78 is 5.29. The van der Waals surface area contributed by atoms with Crippen LogP contribution in [0.15, 0.2) is 53.6 Å². The van der Waals surface area contributed by atoms with Crippen molar-refractivity contribution in [1.29, 1.82) is 0 Å². The first-order valence-corrected chi connectivity index (χ1v) is 19.5. The fourth-order valence-electron chi connectivity index (χ4n) is 9.17. The molecule has 1 saturated carbocycles. The van der Waals surface area contributed by atoms with Crippen molar-refractivity contribution in [2.24, 2.45) is 12.5 Å². The summed E-state index contributed by atoms with van der Waals surface area (Å²) in [6.45, 7) is 6.05. The molecular weight excluding hydrogens is 697 g/mol. The number of carbonyl (C=O) groups is 3. The van der Waals surface area contributed by atoms with Crippen molar-refractivity contribution >= 4 is 58.0 Å². The SMILES string of the molecule is CC(c1ccc(Nc2ncc3cc(C(=O)N(C)C)n(C4CCCC4)c3n2)nc1)N1CCC2(CC1)CN(c1cccc3c1n(C)c(=O)n3C(C=O)CCC=O)C2. The molecule has 0 radical (unpaired) electrons. The van der Waals surface area contributed by atoms with Crippen LogP contribution < -0.4 is 15.9 Å². The quantitative estimate of drug-likeness (QED) is 0.164. The van der Waals surface area contributed by atoms with Crippen molar-refractivity contribution in [3.63, 3.8) is 0 Å². The average Bonchev–Trinajstić information content (AvgIpc) is 3.91. The van der Waals surface area contributed by atoms with Gasteiger partial charge < -0.3 is 29.3 Å². The van der Waals surface area contributed by atoms with Gasteiger partial charge in [0.25, 0.3) is 5.91 Å². The maximum Gasteiger partial charge on any atom is 0.329 e. The molecule has 1 aromatic carbocycles. The minimum Gasteiger partial charge on any atom is -0.369 e. The Morgan fingerprint density at radius 3 is 2.49 bits per heavy atom. The van der Waals surface area contributed by atoms with Crippen molar-refractivity contribution < 1.29 is 14.4 Å². The molecule has 1 amide bonds. The Morgan fingerprint density at radius 1 is 1.05 bits per heavy atom. The number of para-hydroxylation sites is 1. The van der Waals surface area contributed by atoms with Gasteiger partial charge in [-0.05, 0) is 81.9 Å². The molecule has 3 fully saturated rings. The smallest absolute Gasteiger partial charge is 0.329 e. The number of pyridine rings is 1. The van der Waals surface area contributed by atoms with Gasteiger partial charge in [-0.3, -0.25) is 18.8 Å². The highest BCUT2D eigenvalue weighted by Crippen LogP contribution is 2.45. The maximum absolute atomic E-state index is 13.3. The molecule has 3 aliphatic rings. The van der Waals surface area contributed by atoms with E-state index in [2.05, 4.69) is 43.7 Å². The number of anilines is 3. The maximum atomic E-state index is 13.3. The molecule has 1 spiro atoms. The molecule has 8 rings (SSSR count). The van der Waals surface area contributed by atoms with Crippen LogP contribution in [0.25, 0.3) is 22.1 Å². The molecule has 2 aliphatic heterocycles. The van der Waals surface area contributed by atoms with E-state index >= 15 is 0 Å². The summed E-state index contributed by atoms with van der Waals surface area (Å²) in [6.07, 6.45) is 12.3. The minimum absolute atomic E-state index is 0.0296. The van der Waals surface area contributed by atoms with Gasteiger partial charge in [-0.25, -0.2) is 14.8 Å². The van der Waals surface area contributed by atoms with E-state index < -0.39 is 6.04 Å². The lowest BCUT2D eigenvalue weighted by Crippen LogP contribution is -2.60. The lowest BCUT2D eigenvalue weighted by atomic mass is 9.71. The number of carbonyl (C=O) groups excluding carboxylic acids is 3. The van der Waals surface area contributed by atoms with E-state index in [0.717, 1.165) is 111 Å². The van der Waals surface area contributed by atoms with E-state index in [9.17, 15) is 19.2 Å². The number of imidazole rings is 1. The van der Waals surface area contributed by atoms with Gasteiger partial charge in [0.1, 0.15) is 29.7 Å². The zero-order valence-electron chi connectivity index (χ0n) is 32.1. The summed E-state index contributed by atoms with van der Waals surface area (Å²) >= 11 is 0. The third-order valence-electron chi connectivity index (χ3n) is 12.3. The Kier molecular flexibility index (Phi) is 9.78. The average molecular weight is 747 g/mol. The van der Waals surface area contributed by atoms with Crippen molar-refractivity contribution in [3.05, 3.63) is 70.5 Å². The first-order valence-electron chi connectivity index (χ1n) is 19.5. The van der Waals surface area contributed by atoms with Gasteiger partial charge in [-0.15, -0.1) is 0 Å². The number of aromatic nitrogens is 6. The number of benzene rings is 1. The number of piperidine rings is 1. The zero-order valence-corrected chi connectivity index (χ0v) is 32.1. The molecular formula is C41H50N10O4. The molecule has 5 aromatic rings. The van der Waals surface area contributed by atoms with Crippen molar-refractivity contribution in [3.8, 4) is 0 Å². The third-order valence-corrected chi connectivity index (χ3v) is 12.3. The van der Waals surface area contributed by atoms with Gasteiger partial charge in [0.2, 0.25) is 5.95 Å². The lowest BCUT2D eigenvalue weighted by molar-refractivity contribution is -0.111. The molecule has 2 unspecified atom stereocenters. The van der Waals surface area contributed by atoms with Crippen LogP contribution in [-0.4, -0.2) is 97.2 Å². The Hall–Kier alpha value is -5.37. The second-order valence-corrected chi connectivity index (χ2v) is 16.0. The van der Waals surface area contributed by atoms with Gasteiger partial charge in [0, 0.05) is 75.9 Å². The van der Waals surface area contributed by atoms with Gasteiger partial charge in [-0.1, -0.05) is 25.0 Å². The standard InChI is InChI=1S/C41H50N10O4/c1-27(28-14-15-35(42-22-28)44-39-43-23-29-21-34(38(54)46(2)3)50(37(29)45-39)30-9-5-6-10-30)48-18-16-41(17-19-48)25-49(26-41)32-12-7-13-33-36(32)47(4)40(55)51(33)31(24-53)11-8-20-52/h7,12-15,20-24,27,30-31H,5-6,8-11,16-19,25-26H2,1-4H3,(H,42,43,44,45). The van der Waals surface area contributed by atoms with E-state index in [1.165, 1.54) is 4.57 Å². The number of nitrogens with zero attached hydrogens (tertiary/aromatic N) is 9.